The fourth-order valence-electron chi connectivity index (χ4n) is 2.96. The van der Waals surface area contributed by atoms with Crippen LogP contribution >= 0.6 is 0 Å². The number of aromatic nitrogens is 2. The lowest BCUT2D eigenvalue weighted by Crippen LogP contribution is -2.18. The van der Waals surface area contributed by atoms with Gasteiger partial charge in [-0.25, -0.2) is 0 Å². The molecular formula is C12H17N3O3. The van der Waals surface area contributed by atoms with Gasteiger partial charge in [-0.1, -0.05) is 13.8 Å². The Balaban J connectivity index is 1.80. The van der Waals surface area contributed by atoms with Crippen LogP contribution < -0.4 is 4.90 Å². The van der Waals surface area contributed by atoms with E-state index in [1.165, 1.54) is 0 Å². The number of hydrogen-bond acceptors (Lipinski definition) is 5. The normalized spacial score (nSPS) is 29.6. The summed E-state index contributed by atoms with van der Waals surface area (Å²) < 4.78 is 5.25. The molecule has 1 aliphatic carbocycles. The standard InChI is InChI=1S/C12H17N3O3/c1-12(2)7(8(12)10(16)17)9-13-11(14-18-9)15-5-3-4-6-15/h7-8H,3-6H2,1-2H3,(H,16,17). The number of nitrogens with zero attached hydrogens (tertiary/aromatic N) is 3. The van der Waals surface area contributed by atoms with Gasteiger partial charge in [-0.05, 0) is 23.4 Å². The zero-order chi connectivity index (χ0) is 12.9. The molecule has 2 fully saturated rings. The van der Waals surface area contributed by atoms with Gasteiger partial charge in [0.15, 0.2) is 0 Å². The highest BCUT2D eigenvalue weighted by atomic mass is 16.5. The minimum absolute atomic E-state index is 0.154. The lowest BCUT2D eigenvalue weighted by molar-refractivity contribution is -0.139. The predicted octanol–water partition coefficient (Wildman–Crippen LogP) is 1.49. The first kappa shape index (κ1) is 11.5. The lowest BCUT2D eigenvalue weighted by atomic mass is 10.1. The van der Waals surface area contributed by atoms with E-state index in [1.807, 2.05) is 13.8 Å². The smallest absolute Gasteiger partial charge is 0.307 e. The Morgan fingerprint density at radius 3 is 2.67 bits per heavy atom. The molecule has 1 aromatic rings. The van der Waals surface area contributed by atoms with E-state index in [4.69, 9.17) is 9.63 Å². The zero-order valence-electron chi connectivity index (χ0n) is 10.6. The molecule has 6 nitrogen and oxygen atoms in total. The second kappa shape index (κ2) is 3.70. The molecule has 3 rings (SSSR count). The average molecular weight is 251 g/mol. The van der Waals surface area contributed by atoms with Gasteiger partial charge < -0.3 is 14.5 Å². The molecule has 1 aromatic heterocycles. The van der Waals surface area contributed by atoms with Crippen LogP contribution in [-0.2, 0) is 4.79 Å². The molecule has 1 N–H and O–H groups in total. The molecule has 0 bridgehead atoms. The van der Waals surface area contributed by atoms with Crippen molar-refractivity contribution in [2.24, 2.45) is 11.3 Å². The van der Waals surface area contributed by atoms with Crippen molar-refractivity contribution in [2.45, 2.75) is 32.6 Å². The van der Waals surface area contributed by atoms with E-state index in [0.29, 0.717) is 11.8 Å². The summed E-state index contributed by atoms with van der Waals surface area (Å²) in [6.07, 6.45) is 2.30. The third-order valence-electron chi connectivity index (χ3n) is 4.18. The van der Waals surface area contributed by atoms with Crippen LogP contribution in [0.15, 0.2) is 4.52 Å². The van der Waals surface area contributed by atoms with Crippen molar-refractivity contribution < 1.29 is 14.4 Å². The van der Waals surface area contributed by atoms with Crippen molar-refractivity contribution in [1.29, 1.82) is 0 Å². The van der Waals surface area contributed by atoms with Gasteiger partial charge in [0.2, 0.25) is 5.89 Å². The highest BCUT2D eigenvalue weighted by Crippen LogP contribution is 2.64. The molecule has 0 aromatic carbocycles. The van der Waals surface area contributed by atoms with Crippen molar-refractivity contribution >= 4 is 11.9 Å². The summed E-state index contributed by atoms with van der Waals surface area (Å²) in [6, 6.07) is 0. The molecule has 18 heavy (non-hydrogen) atoms. The molecule has 2 atom stereocenters. The summed E-state index contributed by atoms with van der Waals surface area (Å²) in [5.41, 5.74) is -0.291. The zero-order valence-corrected chi connectivity index (χ0v) is 10.6. The second-order valence-electron chi connectivity index (χ2n) is 5.74. The maximum Gasteiger partial charge on any atom is 0.307 e. The Morgan fingerprint density at radius 2 is 2.11 bits per heavy atom. The number of carbonyl (C=O) groups is 1. The van der Waals surface area contributed by atoms with Crippen molar-refractivity contribution in [1.82, 2.24) is 10.1 Å². The number of aliphatic carboxylic acids is 1. The van der Waals surface area contributed by atoms with Crippen LogP contribution in [0.2, 0.25) is 0 Å². The lowest BCUT2D eigenvalue weighted by Gasteiger charge is -2.09. The van der Waals surface area contributed by atoms with Crippen LogP contribution in [0.3, 0.4) is 0 Å². The first-order valence-electron chi connectivity index (χ1n) is 6.33. The first-order chi connectivity index (χ1) is 8.51. The van der Waals surface area contributed by atoms with Crippen molar-refractivity contribution in [3.63, 3.8) is 0 Å². The van der Waals surface area contributed by atoms with Crippen LogP contribution in [0.5, 0.6) is 0 Å². The van der Waals surface area contributed by atoms with Gasteiger partial charge in [-0.2, -0.15) is 4.98 Å². The molecule has 0 spiro atoms. The Labute approximate surface area is 105 Å². The Kier molecular flexibility index (Phi) is 2.36. The Morgan fingerprint density at radius 1 is 1.44 bits per heavy atom. The Bertz CT molecular complexity index is 477. The largest absolute Gasteiger partial charge is 0.481 e. The topological polar surface area (TPSA) is 79.5 Å². The van der Waals surface area contributed by atoms with E-state index >= 15 is 0 Å². The van der Waals surface area contributed by atoms with Gasteiger partial charge in [-0.15, -0.1) is 0 Å². The number of carboxylic acids is 1. The van der Waals surface area contributed by atoms with Crippen LogP contribution in [0.1, 0.15) is 38.5 Å². The quantitative estimate of drug-likeness (QED) is 0.876. The van der Waals surface area contributed by atoms with E-state index in [1.54, 1.807) is 0 Å². The van der Waals surface area contributed by atoms with E-state index < -0.39 is 11.9 Å². The van der Waals surface area contributed by atoms with Crippen molar-refractivity contribution in [3.05, 3.63) is 5.89 Å². The molecule has 2 unspecified atom stereocenters. The summed E-state index contributed by atoms with van der Waals surface area (Å²) in [4.78, 5) is 17.6. The molecule has 0 amide bonds. The summed E-state index contributed by atoms with van der Waals surface area (Å²) in [7, 11) is 0. The van der Waals surface area contributed by atoms with E-state index in [0.717, 1.165) is 25.9 Å². The monoisotopic (exact) mass is 251 g/mol. The van der Waals surface area contributed by atoms with Gasteiger partial charge in [0, 0.05) is 13.1 Å². The minimum Gasteiger partial charge on any atom is -0.481 e. The van der Waals surface area contributed by atoms with Gasteiger partial charge in [0.25, 0.3) is 5.95 Å². The Hall–Kier alpha value is -1.59. The fraction of sp³-hybridized carbons (Fsp3) is 0.750. The maximum atomic E-state index is 11.1. The summed E-state index contributed by atoms with van der Waals surface area (Å²) in [5.74, 6) is -0.280. The molecule has 98 valence electrons. The van der Waals surface area contributed by atoms with E-state index in [9.17, 15) is 4.79 Å². The highest BCUT2D eigenvalue weighted by Gasteiger charge is 2.65. The second-order valence-corrected chi connectivity index (χ2v) is 5.74. The molecule has 1 saturated carbocycles. The summed E-state index contributed by atoms with van der Waals surface area (Å²) in [6.45, 7) is 5.76. The number of hydrogen-bond donors (Lipinski definition) is 1. The number of rotatable bonds is 3. The third kappa shape index (κ3) is 1.59. The SMILES string of the molecule is CC1(C)C(C(=O)O)C1c1nc(N2CCCC2)no1. The van der Waals surface area contributed by atoms with Gasteiger partial charge >= 0.3 is 5.97 Å². The molecule has 1 saturated heterocycles. The molecule has 0 radical (unpaired) electrons. The third-order valence-corrected chi connectivity index (χ3v) is 4.18. The van der Waals surface area contributed by atoms with Crippen LogP contribution in [-0.4, -0.2) is 34.3 Å². The van der Waals surface area contributed by atoms with Crippen molar-refractivity contribution in [3.8, 4) is 0 Å². The summed E-state index contributed by atoms with van der Waals surface area (Å²) >= 11 is 0. The molecule has 2 aliphatic rings. The minimum atomic E-state index is -0.786. The molecule has 6 heteroatoms. The highest BCUT2D eigenvalue weighted by molar-refractivity contribution is 5.77. The average Bonchev–Trinajstić information content (AvgIpc) is 2.80. The summed E-state index contributed by atoms with van der Waals surface area (Å²) in [5, 5.41) is 13.1. The van der Waals surface area contributed by atoms with Crippen LogP contribution in [0.4, 0.5) is 5.95 Å². The molecule has 1 aliphatic heterocycles. The van der Waals surface area contributed by atoms with Gasteiger partial charge in [-0.3, -0.25) is 4.79 Å². The number of carboxylic acid groups (broad SMARTS) is 1. The maximum absolute atomic E-state index is 11.1. The molecule has 2 heterocycles. The van der Waals surface area contributed by atoms with Gasteiger partial charge in [0.05, 0.1) is 11.8 Å². The van der Waals surface area contributed by atoms with E-state index in [-0.39, 0.29) is 11.3 Å². The van der Waals surface area contributed by atoms with Crippen LogP contribution in [0.25, 0.3) is 0 Å². The number of anilines is 1. The van der Waals surface area contributed by atoms with Crippen LogP contribution in [0, 0.1) is 11.3 Å². The first-order valence-corrected chi connectivity index (χ1v) is 6.33. The molecular weight excluding hydrogens is 234 g/mol. The fourth-order valence-corrected chi connectivity index (χ4v) is 2.96. The predicted molar refractivity (Wildman–Crippen MR) is 63.4 cm³/mol. The van der Waals surface area contributed by atoms with Gasteiger partial charge in [0.1, 0.15) is 0 Å². The van der Waals surface area contributed by atoms with E-state index in [2.05, 4.69) is 15.0 Å². The van der Waals surface area contributed by atoms with Crippen molar-refractivity contribution in [2.75, 3.05) is 18.0 Å².